The van der Waals surface area contributed by atoms with Crippen molar-refractivity contribution < 1.29 is 0 Å². The Labute approximate surface area is 102 Å². The van der Waals surface area contributed by atoms with Crippen LogP contribution in [0.2, 0.25) is 0 Å². The molecular weight excluding hydrogens is 194 g/mol. The summed E-state index contributed by atoms with van der Waals surface area (Å²) in [5, 5.41) is 7.92. The van der Waals surface area contributed by atoms with E-state index in [0.717, 1.165) is 12.1 Å². The molecule has 1 aliphatic carbocycles. The lowest BCUT2D eigenvalue weighted by molar-refractivity contribution is 0.464. The van der Waals surface area contributed by atoms with Gasteiger partial charge in [-0.15, -0.1) is 0 Å². The number of hydrogen-bond donors (Lipinski definition) is 1. The summed E-state index contributed by atoms with van der Waals surface area (Å²) in [7, 11) is 0. The number of unbranched alkanes of at least 4 members (excludes halogenated alkanes) is 6. The Balaban J connectivity index is 1.92. The van der Waals surface area contributed by atoms with Crippen LogP contribution in [0, 0.1) is 11.3 Å². The molecule has 16 heavy (non-hydrogen) atoms. The molecule has 0 saturated heterocycles. The first kappa shape index (κ1) is 13.7. The summed E-state index contributed by atoms with van der Waals surface area (Å²) >= 11 is 0. The molecule has 1 N–H and O–H groups in total. The standard InChI is InChI=1S/C15H29N/c1-2-3-4-5-6-7-8-11-14-12-9-10-13-15(14)16/h14,16H,2-13H2,1H3. The van der Waals surface area contributed by atoms with Crippen LogP contribution in [0.15, 0.2) is 0 Å². The maximum Gasteiger partial charge on any atom is 0.0120 e. The second-order valence-corrected chi connectivity index (χ2v) is 5.38. The molecule has 0 aromatic rings. The lowest BCUT2D eigenvalue weighted by Gasteiger charge is -2.22. The van der Waals surface area contributed by atoms with Gasteiger partial charge >= 0.3 is 0 Å². The first-order chi connectivity index (χ1) is 7.84. The topological polar surface area (TPSA) is 23.9 Å². The number of rotatable bonds is 8. The molecule has 0 radical (unpaired) electrons. The average Bonchev–Trinajstić information content (AvgIpc) is 2.30. The van der Waals surface area contributed by atoms with E-state index < -0.39 is 0 Å². The predicted molar refractivity (Wildman–Crippen MR) is 72.3 cm³/mol. The molecule has 0 spiro atoms. The molecule has 0 aromatic carbocycles. The lowest BCUT2D eigenvalue weighted by Crippen LogP contribution is -2.17. The van der Waals surface area contributed by atoms with Crippen LogP contribution in [0.4, 0.5) is 0 Å². The van der Waals surface area contributed by atoms with Gasteiger partial charge in [-0.2, -0.15) is 0 Å². The zero-order valence-corrected chi connectivity index (χ0v) is 11.1. The molecule has 1 fully saturated rings. The van der Waals surface area contributed by atoms with E-state index in [1.807, 2.05) is 0 Å². The van der Waals surface area contributed by atoms with Gasteiger partial charge in [0.25, 0.3) is 0 Å². The van der Waals surface area contributed by atoms with Gasteiger partial charge in [0.2, 0.25) is 0 Å². The third kappa shape index (κ3) is 5.67. The summed E-state index contributed by atoms with van der Waals surface area (Å²) in [6, 6.07) is 0. The van der Waals surface area contributed by atoms with Crippen LogP contribution in [0.25, 0.3) is 0 Å². The highest BCUT2D eigenvalue weighted by atomic mass is 14.5. The monoisotopic (exact) mass is 223 g/mol. The third-order valence-corrected chi connectivity index (χ3v) is 3.90. The highest BCUT2D eigenvalue weighted by molar-refractivity contribution is 5.84. The summed E-state index contributed by atoms with van der Waals surface area (Å²) in [6.45, 7) is 2.27. The van der Waals surface area contributed by atoms with Gasteiger partial charge in [-0.1, -0.05) is 58.3 Å². The minimum atomic E-state index is 0.657. The van der Waals surface area contributed by atoms with Crippen LogP contribution in [-0.4, -0.2) is 5.71 Å². The van der Waals surface area contributed by atoms with E-state index in [9.17, 15) is 0 Å². The molecule has 0 heterocycles. The predicted octanol–water partition coefficient (Wildman–Crippen LogP) is 5.34. The molecule has 1 atom stereocenters. The Morgan fingerprint density at radius 2 is 1.69 bits per heavy atom. The minimum absolute atomic E-state index is 0.657. The van der Waals surface area contributed by atoms with Crippen molar-refractivity contribution in [3.63, 3.8) is 0 Å². The van der Waals surface area contributed by atoms with E-state index in [1.54, 1.807) is 0 Å². The average molecular weight is 223 g/mol. The van der Waals surface area contributed by atoms with E-state index in [2.05, 4.69) is 6.92 Å². The van der Waals surface area contributed by atoms with Crippen molar-refractivity contribution in [1.82, 2.24) is 0 Å². The van der Waals surface area contributed by atoms with Gasteiger partial charge in [-0.3, -0.25) is 0 Å². The van der Waals surface area contributed by atoms with E-state index in [1.165, 1.54) is 70.6 Å². The molecule has 1 unspecified atom stereocenters. The molecule has 0 aliphatic heterocycles. The fourth-order valence-corrected chi connectivity index (χ4v) is 2.75. The third-order valence-electron chi connectivity index (χ3n) is 3.90. The molecule has 0 aromatic heterocycles. The zero-order chi connectivity index (χ0) is 11.6. The van der Waals surface area contributed by atoms with Crippen LogP contribution in [-0.2, 0) is 0 Å². The van der Waals surface area contributed by atoms with Crippen LogP contribution in [0.1, 0.15) is 84.0 Å². The van der Waals surface area contributed by atoms with Gasteiger partial charge in [-0.25, -0.2) is 0 Å². The lowest BCUT2D eigenvalue weighted by atomic mass is 9.84. The van der Waals surface area contributed by atoms with Crippen molar-refractivity contribution in [2.45, 2.75) is 84.0 Å². The maximum absolute atomic E-state index is 7.92. The van der Waals surface area contributed by atoms with E-state index >= 15 is 0 Å². The highest BCUT2D eigenvalue weighted by Gasteiger charge is 2.17. The minimum Gasteiger partial charge on any atom is -0.309 e. The van der Waals surface area contributed by atoms with Crippen LogP contribution >= 0.6 is 0 Å². The van der Waals surface area contributed by atoms with Gasteiger partial charge in [0.15, 0.2) is 0 Å². The second kappa shape index (κ2) is 8.78. The van der Waals surface area contributed by atoms with Crippen LogP contribution < -0.4 is 0 Å². The molecule has 0 bridgehead atoms. The first-order valence-electron chi connectivity index (χ1n) is 7.42. The van der Waals surface area contributed by atoms with Crippen molar-refractivity contribution >= 4 is 5.71 Å². The Morgan fingerprint density at radius 3 is 2.38 bits per heavy atom. The molecule has 1 aliphatic rings. The zero-order valence-electron chi connectivity index (χ0n) is 11.1. The molecule has 1 rings (SSSR count). The van der Waals surface area contributed by atoms with Gasteiger partial charge in [-0.05, 0) is 31.6 Å². The number of nitrogens with one attached hydrogen (secondary N) is 1. The Bertz CT molecular complexity index is 186. The molecule has 0 amide bonds. The SMILES string of the molecule is CCCCCCCCCC1CCCCC1=N. The van der Waals surface area contributed by atoms with Crippen molar-refractivity contribution in [3.8, 4) is 0 Å². The summed E-state index contributed by atoms with van der Waals surface area (Å²) in [6.07, 6.45) is 16.1. The second-order valence-electron chi connectivity index (χ2n) is 5.38. The van der Waals surface area contributed by atoms with Gasteiger partial charge in [0.05, 0.1) is 0 Å². The normalized spacial score (nSPS) is 21.3. The Kier molecular flexibility index (Phi) is 7.54. The van der Waals surface area contributed by atoms with Crippen molar-refractivity contribution in [1.29, 1.82) is 5.41 Å². The van der Waals surface area contributed by atoms with Crippen molar-refractivity contribution in [3.05, 3.63) is 0 Å². The molecule has 94 valence electrons. The largest absolute Gasteiger partial charge is 0.309 e. The molecule has 1 saturated carbocycles. The molecule has 1 heteroatoms. The molecule has 1 nitrogen and oxygen atoms in total. The van der Waals surface area contributed by atoms with Crippen molar-refractivity contribution in [2.75, 3.05) is 0 Å². The van der Waals surface area contributed by atoms with Gasteiger partial charge < -0.3 is 5.41 Å². The van der Waals surface area contributed by atoms with E-state index in [4.69, 9.17) is 5.41 Å². The van der Waals surface area contributed by atoms with E-state index in [-0.39, 0.29) is 0 Å². The maximum atomic E-state index is 7.92. The Hall–Kier alpha value is -0.330. The summed E-state index contributed by atoms with van der Waals surface area (Å²) < 4.78 is 0. The quantitative estimate of drug-likeness (QED) is 0.537. The van der Waals surface area contributed by atoms with Crippen LogP contribution in [0.3, 0.4) is 0 Å². The van der Waals surface area contributed by atoms with Crippen molar-refractivity contribution in [2.24, 2.45) is 5.92 Å². The van der Waals surface area contributed by atoms with Gasteiger partial charge in [0.1, 0.15) is 0 Å². The summed E-state index contributed by atoms with van der Waals surface area (Å²) in [4.78, 5) is 0. The highest BCUT2D eigenvalue weighted by Crippen LogP contribution is 2.25. The first-order valence-corrected chi connectivity index (χ1v) is 7.42. The summed E-state index contributed by atoms with van der Waals surface area (Å²) in [5.41, 5.74) is 1.05. The van der Waals surface area contributed by atoms with Gasteiger partial charge in [0, 0.05) is 5.71 Å². The summed E-state index contributed by atoms with van der Waals surface area (Å²) in [5.74, 6) is 0.657. The fraction of sp³-hybridized carbons (Fsp3) is 0.933. The van der Waals surface area contributed by atoms with Crippen LogP contribution in [0.5, 0.6) is 0 Å². The number of hydrogen-bond acceptors (Lipinski definition) is 1. The fourth-order valence-electron chi connectivity index (χ4n) is 2.75. The Morgan fingerprint density at radius 1 is 1.00 bits per heavy atom. The van der Waals surface area contributed by atoms with E-state index in [0.29, 0.717) is 5.92 Å². The smallest absolute Gasteiger partial charge is 0.0120 e. The molecular formula is C15H29N.